The first-order valence-electron chi connectivity index (χ1n) is 10.0. The van der Waals surface area contributed by atoms with E-state index in [4.69, 9.17) is 9.72 Å². The molecule has 2 aromatic rings. The number of rotatable bonds is 4. The highest BCUT2D eigenvalue weighted by Crippen LogP contribution is 2.36. The Balaban J connectivity index is 1.42. The number of ether oxygens (including phenoxy) is 1. The van der Waals surface area contributed by atoms with E-state index in [1.807, 2.05) is 19.2 Å². The Bertz CT molecular complexity index is 835. The number of para-hydroxylation sites is 1. The molecule has 28 heavy (non-hydrogen) atoms. The molecular weight excluding hydrogens is 354 g/mol. The van der Waals surface area contributed by atoms with Crippen LogP contribution in [-0.2, 0) is 11.2 Å². The number of hydrogen-bond donors (Lipinski definition) is 1. The fraction of sp³-hybridized carbons (Fsp3) is 0.476. The quantitative estimate of drug-likeness (QED) is 0.873. The summed E-state index contributed by atoms with van der Waals surface area (Å²) in [5, 5.41) is 3.52. The third-order valence-electron chi connectivity index (χ3n) is 5.44. The van der Waals surface area contributed by atoms with Crippen LogP contribution in [0.15, 0.2) is 36.5 Å². The number of fused-ring (bicyclic) bond motifs is 1. The van der Waals surface area contributed by atoms with Crippen molar-refractivity contribution < 1.29 is 9.53 Å². The average molecular weight is 381 g/mol. The molecule has 1 N–H and O–H groups in total. The van der Waals surface area contributed by atoms with Gasteiger partial charge in [0.25, 0.3) is 0 Å². The molecule has 7 heteroatoms. The third-order valence-corrected chi connectivity index (χ3v) is 5.44. The molecule has 0 saturated carbocycles. The first-order chi connectivity index (χ1) is 13.7. The van der Waals surface area contributed by atoms with Gasteiger partial charge in [-0.15, -0.1) is 0 Å². The van der Waals surface area contributed by atoms with Crippen LogP contribution in [0.3, 0.4) is 0 Å². The van der Waals surface area contributed by atoms with Crippen LogP contribution >= 0.6 is 0 Å². The second-order valence-electron chi connectivity index (χ2n) is 7.40. The fourth-order valence-corrected chi connectivity index (χ4v) is 4.05. The molecule has 1 unspecified atom stereocenters. The fourth-order valence-electron chi connectivity index (χ4n) is 4.05. The maximum atomic E-state index is 11.8. The number of piperidine rings is 1. The van der Waals surface area contributed by atoms with Gasteiger partial charge in [0.2, 0.25) is 5.95 Å². The zero-order valence-corrected chi connectivity index (χ0v) is 16.5. The first kappa shape index (κ1) is 18.5. The van der Waals surface area contributed by atoms with Crippen molar-refractivity contribution in [3.8, 4) is 0 Å². The molecule has 0 bridgehead atoms. The van der Waals surface area contributed by atoms with E-state index in [2.05, 4.69) is 46.4 Å². The predicted molar refractivity (Wildman–Crippen MR) is 109 cm³/mol. The summed E-state index contributed by atoms with van der Waals surface area (Å²) in [5.41, 5.74) is 2.53. The van der Waals surface area contributed by atoms with Gasteiger partial charge in [-0.1, -0.05) is 18.2 Å². The van der Waals surface area contributed by atoms with E-state index < -0.39 is 0 Å². The summed E-state index contributed by atoms with van der Waals surface area (Å²) in [6, 6.07) is 11.0. The smallest absolute Gasteiger partial charge is 0.409 e. The van der Waals surface area contributed by atoms with Crippen LogP contribution in [0.5, 0.6) is 0 Å². The van der Waals surface area contributed by atoms with Crippen LogP contribution in [0.4, 0.5) is 22.2 Å². The molecule has 0 spiro atoms. The molecule has 1 saturated heterocycles. The van der Waals surface area contributed by atoms with Crippen molar-refractivity contribution in [1.29, 1.82) is 0 Å². The summed E-state index contributed by atoms with van der Waals surface area (Å²) < 4.78 is 5.09. The zero-order valence-electron chi connectivity index (χ0n) is 16.5. The second kappa shape index (κ2) is 8.04. The van der Waals surface area contributed by atoms with Gasteiger partial charge in [0, 0.05) is 37.1 Å². The summed E-state index contributed by atoms with van der Waals surface area (Å²) in [6.45, 7) is 5.85. The third kappa shape index (κ3) is 3.74. The van der Waals surface area contributed by atoms with Gasteiger partial charge in [0.15, 0.2) is 0 Å². The highest BCUT2D eigenvalue weighted by molar-refractivity contribution is 5.68. The van der Waals surface area contributed by atoms with Crippen LogP contribution < -0.4 is 10.2 Å². The Kier molecular flexibility index (Phi) is 5.32. The zero-order chi connectivity index (χ0) is 19.5. The molecule has 1 atom stereocenters. The minimum Gasteiger partial charge on any atom is -0.450 e. The van der Waals surface area contributed by atoms with Crippen molar-refractivity contribution in [2.75, 3.05) is 29.9 Å². The van der Waals surface area contributed by atoms with Gasteiger partial charge >= 0.3 is 6.09 Å². The normalized spacial score (nSPS) is 19.4. The summed E-state index contributed by atoms with van der Waals surface area (Å²) in [5.74, 6) is 1.56. The predicted octanol–water partition coefficient (Wildman–Crippen LogP) is 3.59. The maximum absolute atomic E-state index is 11.8. The molecule has 1 aromatic heterocycles. The van der Waals surface area contributed by atoms with Crippen molar-refractivity contribution >= 4 is 23.5 Å². The van der Waals surface area contributed by atoms with Crippen molar-refractivity contribution in [1.82, 2.24) is 14.9 Å². The standard InChI is InChI=1S/C21H27N5O2/c1-3-28-21(27)25-12-9-17(10-13-25)23-19-8-11-22-20(24-19)26-15(2)14-16-6-4-5-7-18(16)26/h4-8,11,15,17H,3,9-10,12-14H2,1-2H3,(H,22,23,24). The van der Waals surface area contributed by atoms with Crippen molar-refractivity contribution in [3.05, 3.63) is 42.1 Å². The highest BCUT2D eigenvalue weighted by Gasteiger charge is 2.29. The Morgan fingerprint density at radius 1 is 1.25 bits per heavy atom. The van der Waals surface area contributed by atoms with Gasteiger partial charge in [-0.2, -0.15) is 4.98 Å². The van der Waals surface area contributed by atoms with Crippen LogP contribution in [0.25, 0.3) is 0 Å². The molecule has 7 nitrogen and oxygen atoms in total. The van der Waals surface area contributed by atoms with Crippen LogP contribution in [-0.4, -0.2) is 52.7 Å². The average Bonchev–Trinajstić information content (AvgIpc) is 3.04. The van der Waals surface area contributed by atoms with Gasteiger partial charge in [-0.3, -0.25) is 0 Å². The molecular formula is C21H27N5O2. The van der Waals surface area contributed by atoms with Crippen molar-refractivity contribution in [3.63, 3.8) is 0 Å². The van der Waals surface area contributed by atoms with E-state index in [0.717, 1.165) is 31.0 Å². The molecule has 0 aliphatic carbocycles. The van der Waals surface area contributed by atoms with E-state index in [1.165, 1.54) is 11.3 Å². The Labute approximate surface area is 165 Å². The van der Waals surface area contributed by atoms with Gasteiger partial charge in [0.1, 0.15) is 5.82 Å². The maximum Gasteiger partial charge on any atom is 0.409 e. The lowest BCUT2D eigenvalue weighted by Crippen LogP contribution is -2.42. The monoisotopic (exact) mass is 381 g/mol. The topological polar surface area (TPSA) is 70.6 Å². The van der Waals surface area contributed by atoms with Gasteiger partial charge in [-0.05, 0) is 50.8 Å². The second-order valence-corrected chi connectivity index (χ2v) is 7.40. The van der Waals surface area contributed by atoms with Crippen LogP contribution in [0.2, 0.25) is 0 Å². The molecule has 2 aliphatic rings. The molecule has 148 valence electrons. The van der Waals surface area contributed by atoms with E-state index in [0.29, 0.717) is 25.7 Å². The van der Waals surface area contributed by atoms with E-state index in [9.17, 15) is 4.79 Å². The Morgan fingerprint density at radius 3 is 2.82 bits per heavy atom. The first-order valence-corrected chi connectivity index (χ1v) is 10.0. The number of anilines is 3. The minimum atomic E-state index is -0.216. The number of nitrogens with zero attached hydrogens (tertiary/aromatic N) is 4. The number of hydrogen-bond acceptors (Lipinski definition) is 6. The SMILES string of the molecule is CCOC(=O)N1CCC(Nc2ccnc(N3c4ccccc4CC3C)n2)CC1. The van der Waals surface area contributed by atoms with Gasteiger partial charge in [0.05, 0.1) is 6.61 Å². The number of amides is 1. The molecule has 1 fully saturated rings. The van der Waals surface area contributed by atoms with E-state index in [1.54, 1.807) is 4.90 Å². The van der Waals surface area contributed by atoms with Crippen molar-refractivity contribution in [2.24, 2.45) is 0 Å². The number of likely N-dealkylation sites (tertiary alicyclic amines) is 1. The molecule has 1 aromatic carbocycles. The lowest BCUT2D eigenvalue weighted by molar-refractivity contribution is 0.0983. The Morgan fingerprint density at radius 2 is 2.04 bits per heavy atom. The molecule has 2 aliphatic heterocycles. The van der Waals surface area contributed by atoms with Crippen molar-refractivity contribution in [2.45, 2.75) is 45.2 Å². The highest BCUT2D eigenvalue weighted by atomic mass is 16.6. The Hall–Kier alpha value is -2.83. The largest absolute Gasteiger partial charge is 0.450 e. The minimum absolute atomic E-state index is 0.216. The van der Waals surface area contributed by atoms with E-state index in [-0.39, 0.29) is 12.1 Å². The summed E-state index contributed by atoms with van der Waals surface area (Å²) in [7, 11) is 0. The number of benzene rings is 1. The molecule has 4 rings (SSSR count). The lowest BCUT2D eigenvalue weighted by Gasteiger charge is -2.32. The van der Waals surface area contributed by atoms with Crippen LogP contribution in [0, 0.1) is 0 Å². The summed E-state index contributed by atoms with van der Waals surface area (Å²) >= 11 is 0. The number of nitrogens with one attached hydrogen (secondary N) is 1. The lowest BCUT2D eigenvalue weighted by atomic mass is 10.1. The molecule has 1 amide bonds. The van der Waals surface area contributed by atoms with E-state index >= 15 is 0 Å². The number of carbonyl (C=O) groups is 1. The molecule has 3 heterocycles. The number of carbonyl (C=O) groups excluding carboxylic acids is 1. The molecule has 0 radical (unpaired) electrons. The summed E-state index contributed by atoms with van der Waals surface area (Å²) in [6.07, 6.45) is 4.35. The number of aromatic nitrogens is 2. The van der Waals surface area contributed by atoms with Gasteiger partial charge in [-0.25, -0.2) is 9.78 Å². The van der Waals surface area contributed by atoms with Gasteiger partial charge < -0.3 is 19.9 Å². The van der Waals surface area contributed by atoms with Crippen LogP contribution in [0.1, 0.15) is 32.3 Å². The summed E-state index contributed by atoms with van der Waals surface area (Å²) in [4.78, 5) is 25.1.